The van der Waals surface area contributed by atoms with Gasteiger partial charge in [0.15, 0.2) is 0 Å². The molecule has 0 aromatic heterocycles. The lowest BCUT2D eigenvalue weighted by Crippen LogP contribution is -2.15. The van der Waals surface area contributed by atoms with Crippen molar-refractivity contribution in [2.24, 2.45) is 0 Å². The van der Waals surface area contributed by atoms with Gasteiger partial charge in [-0.05, 0) is 30.3 Å². The zero-order valence-electron chi connectivity index (χ0n) is 9.58. The molecule has 2 rings (SSSR count). The van der Waals surface area contributed by atoms with Crippen molar-refractivity contribution >= 4 is 28.9 Å². The van der Waals surface area contributed by atoms with Gasteiger partial charge in [-0.2, -0.15) is 0 Å². The summed E-state index contributed by atoms with van der Waals surface area (Å²) in [6.07, 6.45) is 0. The molecule has 0 atom stereocenters. The average Bonchev–Trinajstić information content (AvgIpc) is 2.37. The van der Waals surface area contributed by atoms with Crippen LogP contribution in [-0.4, -0.2) is 5.91 Å². The highest BCUT2D eigenvalue weighted by molar-refractivity contribution is 6.34. The molecule has 0 saturated carbocycles. The van der Waals surface area contributed by atoms with E-state index in [0.717, 1.165) is 18.2 Å². The van der Waals surface area contributed by atoms with Crippen molar-refractivity contribution in [1.82, 2.24) is 0 Å². The Labute approximate surface area is 113 Å². The molecule has 2 aromatic carbocycles. The Kier molecular flexibility index (Phi) is 3.66. The number of anilines is 2. The summed E-state index contributed by atoms with van der Waals surface area (Å²) < 4.78 is 26.6. The first-order chi connectivity index (χ1) is 8.99. The molecule has 0 spiro atoms. The molecule has 0 aliphatic rings. The maximum atomic E-state index is 13.5. The van der Waals surface area contributed by atoms with Crippen LogP contribution in [0.1, 0.15) is 10.4 Å². The first kappa shape index (κ1) is 13.3. The van der Waals surface area contributed by atoms with Gasteiger partial charge in [-0.15, -0.1) is 0 Å². The molecule has 0 aliphatic carbocycles. The molecule has 0 saturated heterocycles. The number of nitrogens with one attached hydrogen (secondary N) is 1. The minimum absolute atomic E-state index is 0.0447. The fourth-order valence-corrected chi connectivity index (χ4v) is 1.73. The van der Waals surface area contributed by atoms with Gasteiger partial charge < -0.3 is 11.1 Å². The molecule has 19 heavy (non-hydrogen) atoms. The van der Waals surface area contributed by atoms with Gasteiger partial charge in [0.2, 0.25) is 0 Å². The van der Waals surface area contributed by atoms with Crippen LogP contribution in [0.3, 0.4) is 0 Å². The van der Waals surface area contributed by atoms with E-state index in [4.69, 9.17) is 17.3 Å². The van der Waals surface area contributed by atoms with E-state index < -0.39 is 17.5 Å². The molecule has 1 amide bonds. The fourth-order valence-electron chi connectivity index (χ4n) is 1.52. The third-order valence-electron chi connectivity index (χ3n) is 2.46. The normalized spacial score (nSPS) is 10.3. The maximum absolute atomic E-state index is 13.5. The monoisotopic (exact) mass is 282 g/mol. The number of carbonyl (C=O) groups is 1. The molecule has 0 fully saturated rings. The van der Waals surface area contributed by atoms with E-state index in [2.05, 4.69) is 5.32 Å². The molecule has 3 N–H and O–H groups in total. The average molecular weight is 283 g/mol. The number of carbonyl (C=O) groups excluding carboxylic acids is 1. The SMILES string of the molecule is Nc1ccc(F)cc1C(=O)Nc1c(F)cccc1Cl. The van der Waals surface area contributed by atoms with Crippen LogP contribution in [0.2, 0.25) is 5.02 Å². The third kappa shape index (κ3) is 2.82. The minimum atomic E-state index is -0.732. The van der Waals surface area contributed by atoms with Crippen molar-refractivity contribution in [2.75, 3.05) is 11.1 Å². The van der Waals surface area contributed by atoms with E-state index in [-0.39, 0.29) is 22.0 Å². The molecule has 6 heteroatoms. The fraction of sp³-hybridized carbons (Fsp3) is 0. The number of rotatable bonds is 2. The molecule has 98 valence electrons. The Bertz CT molecular complexity index is 626. The highest BCUT2D eigenvalue weighted by Crippen LogP contribution is 2.26. The zero-order valence-corrected chi connectivity index (χ0v) is 10.3. The number of amides is 1. The summed E-state index contributed by atoms with van der Waals surface area (Å²) in [5, 5.41) is 2.32. The zero-order chi connectivity index (χ0) is 14.0. The molecular formula is C13H9ClF2N2O. The van der Waals surface area contributed by atoms with Gasteiger partial charge in [0.05, 0.1) is 16.3 Å². The molecule has 0 radical (unpaired) electrons. The number of hydrogen-bond donors (Lipinski definition) is 2. The second kappa shape index (κ2) is 5.24. The number of hydrogen-bond acceptors (Lipinski definition) is 2. The lowest BCUT2D eigenvalue weighted by atomic mass is 10.1. The van der Waals surface area contributed by atoms with Crippen LogP contribution in [0.4, 0.5) is 20.2 Å². The van der Waals surface area contributed by atoms with Crippen LogP contribution in [0.5, 0.6) is 0 Å². The molecule has 2 aromatic rings. The second-order valence-corrected chi connectivity index (χ2v) is 4.19. The van der Waals surface area contributed by atoms with Crippen LogP contribution in [0.15, 0.2) is 36.4 Å². The number of para-hydroxylation sites is 1. The highest BCUT2D eigenvalue weighted by Gasteiger charge is 2.15. The molecule has 3 nitrogen and oxygen atoms in total. The van der Waals surface area contributed by atoms with Crippen LogP contribution in [0, 0.1) is 11.6 Å². The summed E-state index contributed by atoms with van der Waals surface area (Å²) in [4.78, 5) is 11.9. The quantitative estimate of drug-likeness (QED) is 0.829. The Morgan fingerprint density at radius 2 is 1.95 bits per heavy atom. The summed E-state index contributed by atoms with van der Waals surface area (Å²) in [7, 11) is 0. The Morgan fingerprint density at radius 1 is 1.21 bits per heavy atom. The first-order valence-electron chi connectivity index (χ1n) is 5.29. The van der Waals surface area contributed by atoms with E-state index >= 15 is 0 Å². The predicted octanol–water partition coefficient (Wildman–Crippen LogP) is 3.45. The van der Waals surface area contributed by atoms with Crippen molar-refractivity contribution in [1.29, 1.82) is 0 Å². The van der Waals surface area contributed by atoms with Gasteiger partial charge in [-0.25, -0.2) is 8.78 Å². The lowest BCUT2D eigenvalue weighted by molar-refractivity contribution is 0.102. The van der Waals surface area contributed by atoms with Crippen LogP contribution >= 0.6 is 11.6 Å². The smallest absolute Gasteiger partial charge is 0.257 e. The van der Waals surface area contributed by atoms with Crippen LogP contribution in [0.25, 0.3) is 0 Å². The Balaban J connectivity index is 2.34. The summed E-state index contributed by atoms with van der Waals surface area (Å²) in [6.45, 7) is 0. The van der Waals surface area contributed by atoms with Crippen molar-refractivity contribution in [2.45, 2.75) is 0 Å². The van der Waals surface area contributed by atoms with Crippen molar-refractivity contribution < 1.29 is 13.6 Å². The summed E-state index contributed by atoms with van der Waals surface area (Å²) in [5.41, 5.74) is 5.40. The van der Waals surface area contributed by atoms with Gasteiger partial charge >= 0.3 is 0 Å². The van der Waals surface area contributed by atoms with E-state index in [0.29, 0.717) is 0 Å². The predicted molar refractivity (Wildman–Crippen MR) is 70.2 cm³/mol. The largest absolute Gasteiger partial charge is 0.398 e. The Hall–Kier alpha value is -2.14. The van der Waals surface area contributed by atoms with Crippen LogP contribution < -0.4 is 11.1 Å². The third-order valence-corrected chi connectivity index (χ3v) is 2.78. The van der Waals surface area contributed by atoms with Crippen molar-refractivity contribution in [3.63, 3.8) is 0 Å². The molecule has 0 aliphatic heterocycles. The number of nitrogen functional groups attached to an aromatic ring is 1. The molecule has 0 unspecified atom stereocenters. The van der Waals surface area contributed by atoms with E-state index in [9.17, 15) is 13.6 Å². The van der Waals surface area contributed by atoms with Gasteiger partial charge in [-0.1, -0.05) is 17.7 Å². The molecule has 0 bridgehead atoms. The topological polar surface area (TPSA) is 55.1 Å². The number of benzene rings is 2. The van der Waals surface area contributed by atoms with E-state index in [1.54, 1.807) is 0 Å². The summed E-state index contributed by atoms with van der Waals surface area (Å²) >= 11 is 5.77. The van der Waals surface area contributed by atoms with Gasteiger partial charge in [0.25, 0.3) is 5.91 Å². The highest BCUT2D eigenvalue weighted by atomic mass is 35.5. The van der Waals surface area contributed by atoms with E-state index in [1.165, 1.54) is 18.2 Å². The molecule has 0 heterocycles. The van der Waals surface area contributed by atoms with Gasteiger partial charge in [0, 0.05) is 5.69 Å². The maximum Gasteiger partial charge on any atom is 0.257 e. The lowest BCUT2D eigenvalue weighted by Gasteiger charge is -2.09. The minimum Gasteiger partial charge on any atom is -0.398 e. The Morgan fingerprint density at radius 3 is 2.63 bits per heavy atom. The number of nitrogens with two attached hydrogens (primary N) is 1. The van der Waals surface area contributed by atoms with Crippen molar-refractivity contribution in [3.05, 3.63) is 58.6 Å². The number of halogens is 3. The standard InChI is InChI=1S/C13H9ClF2N2O/c14-9-2-1-3-10(16)12(9)18-13(19)8-6-7(15)4-5-11(8)17/h1-6H,17H2,(H,18,19). The van der Waals surface area contributed by atoms with Gasteiger partial charge in [0.1, 0.15) is 11.6 Å². The van der Waals surface area contributed by atoms with Gasteiger partial charge in [-0.3, -0.25) is 4.79 Å². The van der Waals surface area contributed by atoms with Crippen molar-refractivity contribution in [3.8, 4) is 0 Å². The summed E-state index contributed by atoms with van der Waals surface area (Å²) in [6, 6.07) is 7.34. The van der Waals surface area contributed by atoms with E-state index in [1.807, 2.05) is 0 Å². The first-order valence-corrected chi connectivity index (χ1v) is 5.67. The summed E-state index contributed by atoms with van der Waals surface area (Å²) in [5.74, 6) is -2.03. The van der Waals surface area contributed by atoms with Crippen LogP contribution in [-0.2, 0) is 0 Å². The second-order valence-electron chi connectivity index (χ2n) is 3.78. The molecular weight excluding hydrogens is 274 g/mol.